The number of rotatable bonds is 3. The number of amides is 2. The van der Waals surface area contributed by atoms with Crippen LogP contribution in [0.4, 0.5) is 5.69 Å². The van der Waals surface area contributed by atoms with Crippen LogP contribution >= 0.6 is 11.6 Å². The molecule has 0 fully saturated rings. The fraction of sp³-hybridized carbons (Fsp3) is 0.0625. The number of carbonyl (C=O) groups excluding carboxylic acids is 2. The smallest absolute Gasteiger partial charge is 0.313 e. The van der Waals surface area contributed by atoms with E-state index in [4.69, 9.17) is 16.9 Å². The standard InChI is InChI=1S/C16H12ClN3O2/c17-14-7-6-13(8-12(14)9-18)20-16(22)15(21)19-10-11-4-2-1-3-5-11/h1-8H,10H2,(H,19,21)(H,20,22). The van der Waals surface area contributed by atoms with Gasteiger partial charge in [0.2, 0.25) is 0 Å². The summed E-state index contributed by atoms with van der Waals surface area (Å²) >= 11 is 5.80. The van der Waals surface area contributed by atoms with Gasteiger partial charge in [0.1, 0.15) is 6.07 Å². The Kier molecular flexibility index (Phi) is 5.12. The molecule has 0 spiro atoms. The van der Waals surface area contributed by atoms with Crippen molar-refractivity contribution < 1.29 is 9.59 Å². The summed E-state index contributed by atoms with van der Waals surface area (Å²) in [6.45, 7) is 0.261. The van der Waals surface area contributed by atoms with Crippen LogP contribution in [0.3, 0.4) is 0 Å². The predicted molar refractivity (Wildman–Crippen MR) is 83.1 cm³/mol. The fourth-order valence-electron chi connectivity index (χ4n) is 1.74. The van der Waals surface area contributed by atoms with E-state index in [9.17, 15) is 9.59 Å². The minimum Gasteiger partial charge on any atom is -0.344 e. The molecule has 6 heteroatoms. The van der Waals surface area contributed by atoms with Crippen molar-refractivity contribution in [2.45, 2.75) is 6.54 Å². The maximum atomic E-state index is 11.8. The minimum absolute atomic E-state index is 0.226. The predicted octanol–water partition coefficient (Wildman–Crippen LogP) is 2.47. The summed E-state index contributed by atoms with van der Waals surface area (Å²) in [6, 6.07) is 15.6. The van der Waals surface area contributed by atoms with E-state index in [2.05, 4.69) is 10.6 Å². The van der Waals surface area contributed by atoms with Gasteiger partial charge >= 0.3 is 11.8 Å². The Morgan fingerprint density at radius 1 is 1.09 bits per heavy atom. The molecule has 2 aromatic carbocycles. The largest absolute Gasteiger partial charge is 0.344 e. The van der Waals surface area contributed by atoms with Crippen LogP contribution in [0, 0.1) is 11.3 Å². The van der Waals surface area contributed by atoms with Crippen molar-refractivity contribution >= 4 is 29.1 Å². The maximum absolute atomic E-state index is 11.8. The highest BCUT2D eigenvalue weighted by Crippen LogP contribution is 2.19. The molecule has 0 atom stereocenters. The van der Waals surface area contributed by atoms with Crippen molar-refractivity contribution in [1.29, 1.82) is 5.26 Å². The van der Waals surface area contributed by atoms with Gasteiger partial charge in [-0.05, 0) is 23.8 Å². The van der Waals surface area contributed by atoms with Gasteiger partial charge in [-0.25, -0.2) is 0 Å². The summed E-state index contributed by atoms with van der Waals surface area (Å²) in [5.41, 5.74) is 1.45. The van der Waals surface area contributed by atoms with Crippen LogP contribution in [-0.2, 0) is 16.1 Å². The molecule has 0 aliphatic carbocycles. The molecule has 2 N–H and O–H groups in total. The minimum atomic E-state index is -0.804. The van der Waals surface area contributed by atoms with Crippen LogP contribution < -0.4 is 10.6 Å². The van der Waals surface area contributed by atoms with Gasteiger partial charge in [0, 0.05) is 12.2 Å². The second kappa shape index (κ2) is 7.25. The zero-order chi connectivity index (χ0) is 15.9. The topological polar surface area (TPSA) is 82.0 Å². The lowest BCUT2D eigenvalue weighted by molar-refractivity contribution is -0.136. The molecular formula is C16H12ClN3O2. The van der Waals surface area contributed by atoms with E-state index >= 15 is 0 Å². The molecule has 0 bridgehead atoms. The number of hydrogen-bond acceptors (Lipinski definition) is 3. The third-order valence-electron chi connectivity index (χ3n) is 2.85. The third-order valence-corrected chi connectivity index (χ3v) is 3.18. The number of halogens is 1. The molecule has 2 aromatic rings. The van der Waals surface area contributed by atoms with E-state index in [0.717, 1.165) is 5.56 Å². The molecule has 22 heavy (non-hydrogen) atoms. The molecule has 0 saturated heterocycles. The Labute approximate surface area is 132 Å². The molecule has 0 unspecified atom stereocenters. The van der Waals surface area contributed by atoms with Crippen LogP contribution in [0.5, 0.6) is 0 Å². The average Bonchev–Trinajstić information content (AvgIpc) is 2.55. The number of anilines is 1. The molecular weight excluding hydrogens is 302 g/mol. The lowest BCUT2D eigenvalue weighted by Crippen LogP contribution is -2.34. The zero-order valence-corrected chi connectivity index (χ0v) is 12.2. The third kappa shape index (κ3) is 4.08. The summed E-state index contributed by atoms with van der Waals surface area (Å²) in [5.74, 6) is -1.56. The van der Waals surface area contributed by atoms with E-state index < -0.39 is 11.8 Å². The van der Waals surface area contributed by atoms with Gasteiger partial charge in [-0.15, -0.1) is 0 Å². The van der Waals surface area contributed by atoms with Crippen molar-refractivity contribution in [1.82, 2.24) is 5.32 Å². The first kappa shape index (κ1) is 15.5. The van der Waals surface area contributed by atoms with Gasteiger partial charge in [-0.1, -0.05) is 41.9 Å². The van der Waals surface area contributed by atoms with Crippen molar-refractivity contribution in [2.24, 2.45) is 0 Å². The van der Waals surface area contributed by atoms with Crippen LogP contribution in [0.1, 0.15) is 11.1 Å². The van der Waals surface area contributed by atoms with Crippen LogP contribution in [-0.4, -0.2) is 11.8 Å². The highest BCUT2D eigenvalue weighted by molar-refractivity contribution is 6.39. The number of nitriles is 1. The van der Waals surface area contributed by atoms with Crippen molar-refractivity contribution in [2.75, 3.05) is 5.32 Å². The zero-order valence-electron chi connectivity index (χ0n) is 11.5. The van der Waals surface area contributed by atoms with Crippen molar-refractivity contribution in [3.05, 3.63) is 64.7 Å². The van der Waals surface area contributed by atoms with Crippen LogP contribution in [0.15, 0.2) is 48.5 Å². The molecule has 5 nitrogen and oxygen atoms in total. The quantitative estimate of drug-likeness (QED) is 0.854. The Hall–Kier alpha value is -2.84. The van der Waals surface area contributed by atoms with E-state index in [1.54, 1.807) is 0 Å². The number of nitrogens with one attached hydrogen (secondary N) is 2. The molecule has 0 aromatic heterocycles. The number of carbonyl (C=O) groups is 2. The first-order chi connectivity index (χ1) is 10.6. The molecule has 110 valence electrons. The van der Waals surface area contributed by atoms with Crippen molar-refractivity contribution in [3.8, 4) is 6.07 Å². The molecule has 2 amide bonds. The second-order valence-corrected chi connectivity index (χ2v) is 4.84. The van der Waals surface area contributed by atoms with E-state index in [-0.39, 0.29) is 17.1 Å². The molecule has 0 aliphatic heterocycles. The van der Waals surface area contributed by atoms with Gasteiger partial charge in [0.05, 0.1) is 10.6 Å². The summed E-state index contributed by atoms with van der Waals surface area (Å²) in [7, 11) is 0. The van der Waals surface area contributed by atoms with E-state index in [1.807, 2.05) is 36.4 Å². The number of hydrogen-bond donors (Lipinski definition) is 2. The maximum Gasteiger partial charge on any atom is 0.313 e. The lowest BCUT2D eigenvalue weighted by Gasteiger charge is -2.07. The van der Waals surface area contributed by atoms with Crippen LogP contribution in [0.25, 0.3) is 0 Å². The van der Waals surface area contributed by atoms with Crippen molar-refractivity contribution in [3.63, 3.8) is 0 Å². The number of nitrogens with zero attached hydrogens (tertiary/aromatic N) is 1. The normalized spacial score (nSPS) is 9.64. The summed E-state index contributed by atoms with van der Waals surface area (Å²) in [5, 5.41) is 14.1. The molecule has 0 heterocycles. The van der Waals surface area contributed by atoms with Gasteiger partial charge < -0.3 is 10.6 Å². The Bertz CT molecular complexity index is 739. The fourth-order valence-corrected chi connectivity index (χ4v) is 1.89. The average molecular weight is 314 g/mol. The number of benzene rings is 2. The first-order valence-corrected chi connectivity index (χ1v) is 6.80. The van der Waals surface area contributed by atoms with Crippen LogP contribution in [0.2, 0.25) is 5.02 Å². The molecule has 0 saturated carbocycles. The van der Waals surface area contributed by atoms with Gasteiger partial charge in [0.25, 0.3) is 0 Å². The monoisotopic (exact) mass is 313 g/mol. The Morgan fingerprint density at radius 3 is 2.50 bits per heavy atom. The SMILES string of the molecule is N#Cc1cc(NC(=O)C(=O)NCc2ccccc2)ccc1Cl. The summed E-state index contributed by atoms with van der Waals surface area (Å²) < 4.78 is 0. The highest BCUT2D eigenvalue weighted by Gasteiger charge is 2.14. The van der Waals surface area contributed by atoms with E-state index in [1.165, 1.54) is 18.2 Å². The second-order valence-electron chi connectivity index (χ2n) is 4.43. The molecule has 0 radical (unpaired) electrons. The van der Waals surface area contributed by atoms with Gasteiger partial charge in [-0.2, -0.15) is 5.26 Å². The Morgan fingerprint density at radius 2 is 1.82 bits per heavy atom. The van der Waals surface area contributed by atoms with Gasteiger partial charge in [0.15, 0.2) is 0 Å². The van der Waals surface area contributed by atoms with Gasteiger partial charge in [-0.3, -0.25) is 9.59 Å². The first-order valence-electron chi connectivity index (χ1n) is 6.43. The summed E-state index contributed by atoms with van der Waals surface area (Å²) in [4.78, 5) is 23.5. The lowest BCUT2D eigenvalue weighted by atomic mass is 10.2. The highest BCUT2D eigenvalue weighted by atomic mass is 35.5. The molecule has 2 rings (SSSR count). The Balaban J connectivity index is 1.94. The molecule has 0 aliphatic rings. The summed E-state index contributed by atoms with van der Waals surface area (Å²) in [6.07, 6.45) is 0. The van der Waals surface area contributed by atoms with E-state index in [0.29, 0.717) is 5.69 Å².